The van der Waals surface area contributed by atoms with Crippen molar-refractivity contribution in [2.24, 2.45) is 0 Å². The van der Waals surface area contributed by atoms with E-state index in [-0.39, 0.29) is 12.2 Å². The molecule has 0 atom stereocenters. The molecule has 19 heavy (non-hydrogen) atoms. The third kappa shape index (κ3) is 3.34. The van der Waals surface area contributed by atoms with Crippen LogP contribution in [0.5, 0.6) is 0 Å². The van der Waals surface area contributed by atoms with Gasteiger partial charge in [0.2, 0.25) is 0 Å². The molecule has 0 bridgehead atoms. The third-order valence-electron chi connectivity index (χ3n) is 2.41. The van der Waals surface area contributed by atoms with Crippen LogP contribution in [0.2, 0.25) is 0 Å². The summed E-state index contributed by atoms with van der Waals surface area (Å²) in [5, 5.41) is 0. The molecule has 2 aromatic rings. The minimum Gasteiger partial charge on any atom is -0.457 e. The zero-order valence-electron chi connectivity index (χ0n) is 9.70. The number of hydrogen-bond donors (Lipinski definition) is 0. The molecule has 0 fully saturated rings. The van der Waals surface area contributed by atoms with Gasteiger partial charge < -0.3 is 4.74 Å². The molecule has 98 valence electrons. The molecule has 0 aliphatic heterocycles. The Morgan fingerprint density at radius 2 is 1.74 bits per heavy atom. The maximum Gasteiger partial charge on any atom is 0.341 e. The van der Waals surface area contributed by atoms with Gasteiger partial charge in [-0.1, -0.05) is 12.1 Å². The lowest BCUT2D eigenvalue weighted by molar-refractivity contribution is 0.0467. The summed E-state index contributed by atoms with van der Waals surface area (Å²) >= 11 is 0. The lowest BCUT2D eigenvalue weighted by atomic mass is 10.2. The highest BCUT2D eigenvalue weighted by atomic mass is 19.1. The molecule has 0 spiro atoms. The van der Waals surface area contributed by atoms with Crippen molar-refractivity contribution in [1.82, 2.24) is 0 Å². The molecule has 5 heteroatoms. The fraction of sp³-hybridized carbons (Fsp3) is 0.0714. The fourth-order valence-electron chi connectivity index (χ4n) is 1.51. The maximum atomic E-state index is 13.3. The molecule has 0 aromatic heterocycles. The van der Waals surface area contributed by atoms with Crippen molar-refractivity contribution >= 4 is 5.97 Å². The van der Waals surface area contributed by atoms with Crippen molar-refractivity contribution in [3.63, 3.8) is 0 Å². The van der Waals surface area contributed by atoms with Crippen molar-refractivity contribution in [3.05, 3.63) is 71.0 Å². The van der Waals surface area contributed by atoms with Gasteiger partial charge in [-0.2, -0.15) is 0 Å². The van der Waals surface area contributed by atoms with Gasteiger partial charge in [0.15, 0.2) is 0 Å². The van der Waals surface area contributed by atoms with Crippen LogP contribution in [0.4, 0.5) is 13.2 Å². The van der Waals surface area contributed by atoms with Gasteiger partial charge in [-0.3, -0.25) is 0 Å². The molecule has 2 rings (SSSR count). The van der Waals surface area contributed by atoms with Gasteiger partial charge in [0, 0.05) is 6.07 Å². The van der Waals surface area contributed by atoms with E-state index in [4.69, 9.17) is 4.74 Å². The fourth-order valence-corrected chi connectivity index (χ4v) is 1.51. The molecular weight excluding hydrogens is 257 g/mol. The van der Waals surface area contributed by atoms with Crippen molar-refractivity contribution in [1.29, 1.82) is 0 Å². The number of halogens is 3. The summed E-state index contributed by atoms with van der Waals surface area (Å²) in [5.41, 5.74) is 0.0775. The van der Waals surface area contributed by atoms with Gasteiger partial charge in [0.25, 0.3) is 0 Å². The number of rotatable bonds is 3. The summed E-state index contributed by atoms with van der Waals surface area (Å²) < 4.78 is 43.7. The Morgan fingerprint density at radius 3 is 2.42 bits per heavy atom. The van der Waals surface area contributed by atoms with Crippen LogP contribution in [0.25, 0.3) is 0 Å². The highest BCUT2D eigenvalue weighted by Crippen LogP contribution is 2.12. The summed E-state index contributed by atoms with van der Waals surface area (Å²) in [6.45, 7) is -0.187. The minimum absolute atomic E-state index is 0.187. The molecule has 0 aliphatic rings. The van der Waals surface area contributed by atoms with Crippen LogP contribution in [0.1, 0.15) is 15.9 Å². The summed E-state index contributed by atoms with van der Waals surface area (Å²) in [6.07, 6.45) is 0. The Balaban J connectivity index is 2.05. The van der Waals surface area contributed by atoms with E-state index in [2.05, 4.69) is 0 Å². The Labute approximate surface area is 107 Å². The van der Waals surface area contributed by atoms with E-state index in [0.29, 0.717) is 11.6 Å². The molecule has 0 aliphatic carbocycles. The summed E-state index contributed by atoms with van der Waals surface area (Å²) in [5.74, 6) is -3.16. The number of carbonyl (C=O) groups excluding carboxylic acids is 1. The van der Waals surface area contributed by atoms with Crippen molar-refractivity contribution in [3.8, 4) is 0 Å². The average Bonchev–Trinajstić information content (AvgIpc) is 2.36. The summed E-state index contributed by atoms with van der Waals surface area (Å²) in [4.78, 5) is 11.6. The zero-order valence-corrected chi connectivity index (χ0v) is 9.70. The molecule has 2 nitrogen and oxygen atoms in total. The highest BCUT2D eigenvalue weighted by molar-refractivity contribution is 5.89. The van der Waals surface area contributed by atoms with Gasteiger partial charge >= 0.3 is 5.97 Å². The number of esters is 1. The van der Waals surface area contributed by atoms with E-state index in [1.165, 1.54) is 18.2 Å². The van der Waals surface area contributed by atoms with Gasteiger partial charge in [-0.25, -0.2) is 18.0 Å². The van der Waals surface area contributed by atoms with Crippen molar-refractivity contribution in [2.75, 3.05) is 0 Å². The molecule has 0 amide bonds. The maximum absolute atomic E-state index is 13.3. The van der Waals surface area contributed by atoms with Crippen LogP contribution >= 0.6 is 0 Å². The van der Waals surface area contributed by atoms with Crippen LogP contribution in [0.3, 0.4) is 0 Å². The molecule has 0 saturated heterocycles. The Hall–Kier alpha value is -2.30. The smallest absolute Gasteiger partial charge is 0.341 e. The molecule has 0 radical (unpaired) electrons. The van der Waals surface area contributed by atoms with E-state index in [0.717, 1.165) is 12.1 Å². The predicted octanol–water partition coefficient (Wildman–Crippen LogP) is 3.46. The highest BCUT2D eigenvalue weighted by Gasteiger charge is 2.14. The Bertz CT molecular complexity index is 611. The molecular formula is C14H9F3O2. The van der Waals surface area contributed by atoms with E-state index in [1.54, 1.807) is 6.07 Å². The van der Waals surface area contributed by atoms with E-state index < -0.39 is 23.4 Å². The third-order valence-corrected chi connectivity index (χ3v) is 2.41. The van der Waals surface area contributed by atoms with Gasteiger partial charge in [0.1, 0.15) is 24.1 Å². The van der Waals surface area contributed by atoms with E-state index >= 15 is 0 Å². The largest absolute Gasteiger partial charge is 0.457 e. The molecule has 0 saturated carbocycles. The van der Waals surface area contributed by atoms with Crippen LogP contribution < -0.4 is 0 Å². The molecule has 0 unspecified atom stereocenters. The van der Waals surface area contributed by atoms with Gasteiger partial charge in [-0.15, -0.1) is 0 Å². The molecule has 0 N–H and O–H groups in total. The second-order valence-electron chi connectivity index (χ2n) is 3.83. The lowest BCUT2D eigenvalue weighted by Gasteiger charge is -2.06. The number of benzene rings is 2. The van der Waals surface area contributed by atoms with Crippen LogP contribution in [0.15, 0.2) is 42.5 Å². The SMILES string of the molecule is O=C(OCc1cccc(F)c1)c1ccc(F)cc1F. The first-order valence-corrected chi connectivity index (χ1v) is 5.43. The van der Waals surface area contributed by atoms with Crippen molar-refractivity contribution in [2.45, 2.75) is 6.61 Å². The molecule has 0 heterocycles. The standard InChI is InChI=1S/C14H9F3O2/c15-10-3-1-2-9(6-10)8-19-14(18)12-5-4-11(16)7-13(12)17/h1-7H,8H2. The van der Waals surface area contributed by atoms with Crippen LogP contribution in [0, 0.1) is 17.5 Å². The summed E-state index contributed by atoms with van der Waals surface area (Å²) in [6, 6.07) is 8.05. The first-order chi connectivity index (χ1) is 9.06. The molecule has 2 aromatic carbocycles. The average molecular weight is 266 g/mol. The van der Waals surface area contributed by atoms with E-state index in [9.17, 15) is 18.0 Å². The van der Waals surface area contributed by atoms with Crippen LogP contribution in [-0.2, 0) is 11.3 Å². The number of carbonyl (C=O) groups is 1. The summed E-state index contributed by atoms with van der Waals surface area (Å²) in [7, 11) is 0. The number of ether oxygens (including phenoxy) is 1. The van der Waals surface area contributed by atoms with Gasteiger partial charge in [0.05, 0.1) is 5.56 Å². The normalized spacial score (nSPS) is 10.3. The van der Waals surface area contributed by atoms with Crippen LogP contribution in [-0.4, -0.2) is 5.97 Å². The second-order valence-corrected chi connectivity index (χ2v) is 3.83. The second kappa shape index (κ2) is 5.56. The topological polar surface area (TPSA) is 26.3 Å². The first-order valence-electron chi connectivity index (χ1n) is 5.43. The minimum atomic E-state index is -0.996. The zero-order chi connectivity index (χ0) is 13.8. The lowest BCUT2D eigenvalue weighted by Crippen LogP contribution is -2.08. The quantitative estimate of drug-likeness (QED) is 0.795. The first kappa shape index (κ1) is 13.1. The Morgan fingerprint density at radius 1 is 1.00 bits per heavy atom. The van der Waals surface area contributed by atoms with Gasteiger partial charge in [-0.05, 0) is 29.8 Å². The predicted molar refractivity (Wildman–Crippen MR) is 61.9 cm³/mol. The monoisotopic (exact) mass is 266 g/mol. The number of hydrogen-bond acceptors (Lipinski definition) is 2. The van der Waals surface area contributed by atoms with Crippen molar-refractivity contribution < 1.29 is 22.7 Å². The Kier molecular flexibility index (Phi) is 3.85. The van der Waals surface area contributed by atoms with E-state index in [1.807, 2.05) is 0 Å².